The lowest BCUT2D eigenvalue weighted by Gasteiger charge is -2.24. The van der Waals surface area contributed by atoms with Gasteiger partial charge in [-0.05, 0) is 80.1 Å². The number of nitrogens with one attached hydrogen (secondary N) is 5. The summed E-state index contributed by atoms with van der Waals surface area (Å²) in [5, 5.41) is 22.3. The Balaban J connectivity index is 3.94. The second-order valence-electron chi connectivity index (χ2n) is 20.4. The zero-order chi connectivity index (χ0) is 54.6. The van der Waals surface area contributed by atoms with Gasteiger partial charge in [0.1, 0.15) is 36.5 Å². The summed E-state index contributed by atoms with van der Waals surface area (Å²) in [6.07, 6.45) is 20.6. The first-order valence-electron chi connectivity index (χ1n) is 27.0. The Labute approximate surface area is 436 Å². The third kappa shape index (κ3) is 48.3. The fraction of sp³-hybridized carbons (Fsp3) is 0.849. The van der Waals surface area contributed by atoms with Crippen molar-refractivity contribution in [3.63, 3.8) is 0 Å². The summed E-state index contributed by atoms with van der Waals surface area (Å²) >= 11 is 0. The average Bonchev–Trinajstić information content (AvgIpc) is 3.29. The predicted octanol–water partition coefficient (Wildman–Crippen LogP) is 6.13. The molecule has 0 aliphatic heterocycles. The molecule has 0 radical (unpaired) electrons. The molecule has 0 spiro atoms. The quantitative estimate of drug-likeness (QED) is 0.0296. The number of rotatable bonds is 47. The van der Waals surface area contributed by atoms with Gasteiger partial charge in [-0.15, -0.1) is 0 Å². The van der Waals surface area contributed by atoms with Gasteiger partial charge in [0.2, 0.25) is 29.5 Å². The molecule has 0 aromatic carbocycles. The number of unbranched alkanes of at least 4 members (excludes halogenated alkanes) is 16. The largest absolute Gasteiger partial charge is 0.480 e. The third-order valence-corrected chi connectivity index (χ3v) is 10.9. The number of amides is 5. The summed E-state index contributed by atoms with van der Waals surface area (Å²) in [6.45, 7) is 13.9. The van der Waals surface area contributed by atoms with Gasteiger partial charge in [0.15, 0.2) is 0 Å². The SMILES string of the molecule is CC(=O)NC(CCCCNC(=O)COCCOCCNC(=O)COCCOCCNC(=O)CCC(NC(=O)CCCCCCCCCCCCCCCCCCC(=O)OC(C)(C)C)C(=O)OC(C)(C)C)C(=O)O. The van der Waals surface area contributed by atoms with Gasteiger partial charge in [-0.2, -0.15) is 0 Å². The number of esters is 2. The highest BCUT2D eigenvalue weighted by Gasteiger charge is 2.27. The van der Waals surface area contributed by atoms with E-state index in [4.69, 9.17) is 33.5 Å². The van der Waals surface area contributed by atoms with Crippen molar-refractivity contribution in [2.24, 2.45) is 0 Å². The van der Waals surface area contributed by atoms with Crippen LogP contribution in [-0.2, 0) is 66.8 Å². The Bertz CT molecular complexity index is 1540. The van der Waals surface area contributed by atoms with Gasteiger partial charge >= 0.3 is 17.9 Å². The molecule has 0 saturated carbocycles. The van der Waals surface area contributed by atoms with Crippen molar-refractivity contribution in [3.8, 4) is 0 Å². The summed E-state index contributed by atoms with van der Waals surface area (Å²) in [6, 6.07) is -1.90. The van der Waals surface area contributed by atoms with Gasteiger partial charge in [-0.3, -0.25) is 28.8 Å². The van der Waals surface area contributed by atoms with Crippen LogP contribution >= 0.6 is 0 Å². The Morgan fingerprint density at radius 2 is 0.836 bits per heavy atom. The Morgan fingerprint density at radius 1 is 0.411 bits per heavy atom. The summed E-state index contributed by atoms with van der Waals surface area (Å²) in [5.74, 6) is -3.37. The highest BCUT2D eigenvalue weighted by molar-refractivity contribution is 5.85. The lowest BCUT2D eigenvalue weighted by atomic mass is 10.0. The number of carbonyl (C=O) groups excluding carboxylic acids is 7. The molecular formula is C53H97N5O15. The van der Waals surface area contributed by atoms with E-state index in [2.05, 4.69) is 26.6 Å². The van der Waals surface area contributed by atoms with Crippen molar-refractivity contribution in [3.05, 3.63) is 0 Å². The Morgan fingerprint density at radius 3 is 1.29 bits per heavy atom. The van der Waals surface area contributed by atoms with Gasteiger partial charge in [0, 0.05) is 45.8 Å². The molecule has 6 N–H and O–H groups in total. The fourth-order valence-electron chi connectivity index (χ4n) is 7.28. The molecule has 0 aliphatic carbocycles. The lowest BCUT2D eigenvalue weighted by Crippen LogP contribution is -2.44. The first kappa shape index (κ1) is 68.6. The van der Waals surface area contributed by atoms with Gasteiger partial charge in [0.25, 0.3) is 0 Å². The average molecular weight is 1040 g/mol. The summed E-state index contributed by atoms with van der Waals surface area (Å²) < 4.78 is 32.3. The smallest absolute Gasteiger partial charge is 0.329 e. The van der Waals surface area contributed by atoms with Gasteiger partial charge < -0.3 is 60.1 Å². The van der Waals surface area contributed by atoms with E-state index in [1.54, 1.807) is 20.8 Å². The number of ether oxygens (including phenoxy) is 6. The molecule has 20 heteroatoms. The van der Waals surface area contributed by atoms with Crippen molar-refractivity contribution < 1.29 is 71.9 Å². The summed E-state index contributed by atoms with van der Waals surface area (Å²) in [5.41, 5.74) is -1.16. The Kier molecular flexibility index (Phi) is 41.3. The van der Waals surface area contributed by atoms with Gasteiger partial charge in [0.05, 0.1) is 39.6 Å². The zero-order valence-corrected chi connectivity index (χ0v) is 45.9. The molecule has 0 rings (SSSR count). The molecule has 0 heterocycles. The molecule has 2 atom stereocenters. The van der Waals surface area contributed by atoms with Crippen molar-refractivity contribution >= 4 is 47.4 Å². The standard InChI is InChI=1S/C53H97N5O15/c1-42(59)57-43(50(65)66)26-24-25-31-54-47(62)40-70-38-37-69-35-33-56-48(63)41-71-39-36-68-34-32-55-45(60)30-29-44(51(67)73-53(5,6)7)58-46(61)27-22-20-18-16-14-12-10-8-9-11-13-15-17-19-21-23-28-49(64)72-52(2,3)4/h43-44H,8-41H2,1-7H3,(H,54,62)(H,55,60)(H,56,63)(H,57,59)(H,58,61)(H,65,66). The van der Waals surface area contributed by atoms with E-state index >= 15 is 0 Å². The molecule has 2 unspecified atom stereocenters. The summed E-state index contributed by atoms with van der Waals surface area (Å²) in [7, 11) is 0. The molecule has 0 aromatic heterocycles. The normalized spacial score (nSPS) is 12.3. The predicted molar refractivity (Wildman–Crippen MR) is 277 cm³/mol. The highest BCUT2D eigenvalue weighted by atomic mass is 16.6. The van der Waals surface area contributed by atoms with Crippen LogP contribution in [0.4, 0.5) is 0 Å². The van der Waals surface area contributed by atoms with Crippen LogP contribution in [0.5, 0.6) is 0 Å². The second-order valence-corrected chi connectivity index (χ2v) is 20.4. The Hall–Kier alpha value is -4.40. The number of carboxylic acids is 1. The molecule has 20 nitrogen and oxygen atoms in total. The maximum Gasteiger partial charge on any atom is 0.329 e. The zero-order valence-electron chi connectivity index (χ0n) is 45.9. The molecule has 424 valence electrons. The second kappa shape index (κ2) is 43.9. The molecule has 5 amide bonds. The van der Waals surface area contributed by atoms with Crippen LogP contribution in [0.2, 0.25) is 0 Å². The first-order valence-corrected chi connectivity index (χ1v) is 27.0. The van der Waals surface area contributed by atoms with E-state index in [1.807, 2.05) is 20.8 Å². The summed E-state index contributed by atoms with van der Waals surface area (Å²) in [4.78, 5) is 96.2. The maximum atomic E-state index is 12.9. The topological polar surface area (TPSA) is 272 Å². The minimum absolute atomic E-state index is 0.00619. The van der Waals surface area contributed by atoms with Crippen LogP contribution in [0.1, 0.15) is 196 Å². The third-order valence-electron chi connectivity index (χ3n) is 10.9. The first-order chi connectivity index (χ1) is 34.7. The molecule has 0 saturated heterocycles. The minimum Gasteiger partial charge on any atom is -0.480 e. The lowest BCUT2D eigenvalue weighted by molar-refractivity contribution is -0.159. The van der Waals surface area contributed by atoms with E-state index in [9.17, 15) is 38.4 Å². The minimum atomic E-state index is -1.10. The van der Waals surface area contributed by atoms with Crippen molar-refractivity contribution in [2.75, 3.05) is 72.5 Å². The monoisotopic (exact) mass is 1040 g/mol. The van der Waals surface area contributed by atoms with Crippen LogP contribution in [0.15, 0.2) is 0 Å². The van der Waals surface area contributed by atoms with Crippen LogP contribution in [0, 0.1) is 0 Å². The van der Waals surface area contributed by atoms with Crippen LogP contribution in [0.25, 0.3) is 0 Å². The number of hydrogen-bond acceptors (Lipinski definition) is 14. The molecule has 0 fully saturated rings. The number of aliphatic carboxylic acids is 1. The fourth-order valence-corrected chi connectivity index (χ4v) is 7.28. The van der Waals surface area contributed by atoms with Crippen LogP contribution in [0.3, 0.4) is 0 Å². The molecule has 0 aliphatic rings. The number of carboxylic acid groups (broad SMARTS) is 1. The molecule has 0 bridgehead atoms. The van der Waals surface area contributed by atoms with Crippen molar-refractivity contribution in [2.45, 2.75) is 219 Å². The van der Waals surface area contributed by atoms with Crippen LogP contribution in [-0.4, -0.2) is 148 Å². The van der Waals surface area contributed by atoms with Crippen molar-refractivity contribution in [1.29, 1.82) is 0 Å². The van der Waals surface area contributed by atoms with Crippen LogP contribution < -0.4 is 26.6 Å². The van der Waals surface area contributed by atoms with E-state index in [-0.39, 0.29) is 115 Å². The van der Waals surface area contributed by atoms with E-state index < -0.39 is 41.1 Å². The molecular weight excluding hydrogens is 947 g/mol. The highest BCUT2D eigenvalue weighted by Crippen LogP contribution is 2.16. The molecule has 0 aromatic rings. The maximum absolute atomic E-state index is 12.9. The van der Waals surface area contributed by atoms with E-state index in [1.165, 1.54) is 71.1 Å². The number of carbonyl (C=O) groups is 8. The van der Waals surface area contributed by atoms with E-state index in [0.717, 1.165) is 38.5 Å². The van der Waals surface area contributed by atoms with E-state index in [0.29, 0.717) is 32.2 Å². The molecule has 73 heavy (non-hydrogen) atoms. The van der Waals surface area contributed by atoms with Gasteiger partial charge in [-0.25, -0.2) is 9.59 Å². The number of hydrogen-bond donors (Lipinski definition) is 6. The van der Waals surface area contributed by atoms with Gasteiger partial charge in [-0.1, -0.05) is 89.9 Å². The van der Waals surface area contributed by atoms with Crippen molar-refractivity contribution in [1.82, 2.24) is 26.6 Å².